The molecule has 1 aromatic carbocycles. The second kappa shape index (κ2) is 4.37. The Morgan fingerprint density at radius 2 is 2.11 bits per heavy atom. The Hall–Kier alpha value is -1.97. The Labute approximate surface area is 105 Å². The predicted octanol–water partition coefficient (Wildman–Crippen LogP) is 2.60. The number of carboxylic acid groups (broad SMARTS) is 1. The molecule has 0 bridgehead atoms. The molecule has 2 aromatic rings. The van der Waals surface area contributed by atoms with Gasteiger partial charge in [-0.3, -0.25) is 4.79 Å². The van der Waals surface area contributed by atoms with Crippen LogP contribution < -0.4 is 0 Å². The summed E-state index contributed by atoms with van der Waals surface area (Å²) in [5, 5.41) is 10.0. The van der Waals surface area contributed by atoms with Crippen molar-refractivity contribution in [3.63, 3.8) is 0 Å². The standard InChI is InChI=1S/C14H14N2O2/c17-14(18)10-6-5-9(7-10)13-15-8-11-3-1-2-4-12(11)16-13/h1-4,8-10H,5-7H2,(H,17,18). The molecule has 1 heterocycles. The van der Waals surface area contributed by atoms with Crippen LogP contribution in [0, 0.1) is 5.92 Å². The van der Waals surface area contributed by atoms with Gasteiger partial charge in [-0.15, -0.1) is 0 Å². The number of rotatable bonds is 2. The van der Waals surface area contributed by atoms with Crippen molar-refractivity contribution in [2.24, 2.45) is 5.92 Å². The molecule has 0 saturated heterocycles. The number of aliphatic carboxylic acids is 1. The summed E-state index contributed by atoms with van der Waals surface area (Å²) in [4.78, 5) is 19.9. The van der Waals surface area contributed by atoms with Crippen LogP contribution in [-0.4, -0.2) is 21.0 Å². The maximum Gasteiger partial charge on any atom is 0.306 e. The summed E-state index contributed by atoms with van der Waals surface area (Å²) in [7, 11) is 0. The lowest BCUT2D eigenvalue weighted by molar-refractivity contribution is -0.141. The third-order valence-corrected chi connectivity index (χ3v) is 3.65. The Morgan fingerprint density at radius 1 is 1.28 bits per heavy atom. The van der Waals surface area contributed by atoms with Crippen molar-refractivity contribution in [2.45, 2.75) is 25.2 Å². The van der Waals surface area contributed by atoms with Gasteiger partial charge in [-0.1, -0.05) is 18.2 Å². The van der Waals surface area contributed by atoms with Crippen LogP contribution in [0.4, 0.5) is 0 Å². The second-order valence-electron chi connectivity index (χ2n) is 4.83. The molecule has 1 saturated carbocycles. The molecule has 1 aliphatic rings. The van der Waals surface area contributed by atoms with E-state index in [1.807, 2.05) is 30.5 Å². The lowest BCUT2D eigenvalue weighted by Crippen LogP contribution is -2.10. The van der Waals surface area contributed by atoms with Gasteiger partial charge in [-0.05, 0) is 25.3 Å². The van der Waals surface area contributed by atoms with Gasteiger partial charge in [0.25, 0.3) is 0 Å². The lowest BCUT2D eigenvalue weighted by Gasteiger charge is -2.08. The zero-order valence-electron chi connectivity index (χ0n) is 9.91. The van der Waals surface area contributed by atoms with Gasteiger partial charge in [0.1, 0.15) is 5.82 Å². The van der Waals surface area contributed by atoms with E-state index in [1.165, 1.54) is 0 Å². The fraction of sp³-hybridized carbons (Fsp3) is 0.357. The summed E-state index contributed by atoms with van der Waals surface area (Å²) in [5.74, 6) is 0.0523. The van der Waals surface area contributed by atoms with Crippen LogP contribution in [0.25, 0.3) is 10.9 Å². The molecule has 18 heavy (non-hydrogen) atoms. The first kappa shape index (κ1) is 11.1. The number of aromatic nitrogens is 2. The van der Waals surface area contributed by atoms with Crippen molar-refractivity contribution < 1.29 is 9.90 Å². The number of nitrogens with zero attached hydrogens (tertiary/aromatic N) is 2. The minimum atomic E-state index is -0.696. The third-order valence-electron chi connectivity index (χ3n) is 3.65. The van der Waals surface area contributed by atoms with Crippen molar-refractivity contribution in [3.05, 3.63) is 36.3 Å². The van der Waals surface area contributed by atoms with Crippen LogP contribution in [0.1, 0.15) is 31.0 Å². The summed E-state index contributed by atoms with van der Waals surface area (Å²) in [6, 6.07) is 7.85. The second-order valence-corrected chi connectivity index (χ2v) is 4.83. The zero-order valence-corrected chi connectivity index (χ0v) is 9.91. The van der Waals surface area contributed by atoms with Crippen LogP contribution in [0.2, 0.25) is 0 Å². The molecule has 3 rings (SSSR count). The third kappa shape index (κ3) is 1.94. The molecule has 1 N–H and O–H groups in total. The molecule has 92 valence electrons. The highest BCUT2D eigenvalue weighted by Gasteiger charge is 2.32. The fourth-order valence-electron chi connectivity index (χ4n) is 2.62. The Kier molecular flexibility index (Phi) is 2.70. The molecule has 1 aromatic heterocycles. The monoisotopic (exact) mass is 242 g/mol. The normalized spacial score (nSPS) is 23.3. The van der Waals surface area contributed by atoms with Gasteiger partial charge in [-0.2, -0.15) is 0 Å². The number of hydrogen-bond acceptors (Lipinski definition) is 3. The summed E-state index contributed by atoms with van der Waals surface area (Å²) < 4.78 is 0. The smallest absolute Gasteiger partial charge is 0.306 e. The van der Waals surface area contributed by atoms with E-state index in [4.69, 9.17) is 5.11 Å². The van der Waals surface area contributed by atoms with Gasteiger partial charge in [0, 0.05) is 17.5 Å². The van der Waals surface area contributed by atoms with Gasteiger partial charge in [0.05, 0.1) is 11.4 Å². The molecule has 4 heteroatoms. The number of para-hydroxylation sites is 1. The number of carbonyl (C=O) groups is 1. The van der Waals surface area contributed by atoms with E-state index in [9.17, 15) is 4.79 Å². The molecule has 2 atom stereocenters. The number of carboxylic acids is 1. The summed E-state index contributed by atoms with van der Waals surface area (Å²) >= 11 is 0. The van der Waals surface area contributed by atoms with E-state index < -0.39 is 5.97 Å². The maximum absolute atomic E-state index is 11.0. The predicted molar refractivity (Wildman–Crippen MR) is 67.3 cm³/mol. The first-order valence-corrected chi connectivity index (χ1v) is 6.18. The van der Waals surface area contributed by atoms with Crippen molar-refractivity contribution >= 4 is 16.9 Å². The first-order chi connectivity index (χ1) is 8.74. The molecule has 0 aliphatic heterocycles. The Morgan fingerprint density at radius 3 is 2.89 bits per heavy atom. The van der Waals surface area contributed by atoms with E-state index in [0.29, 0.717) is 6.42 Å². The molecule has 4 nitrogen and oxygen atoms in total. The quantitative estimate of drug-likeness (QED) is 0.879. The average molecular weight is 242 g/mol. The maximum atomic E-state index is 11.0. The molecule has 1 fully saturated rings. The van der Waals surface area contributed by atoms with Gasteiger partial charge >= 0.3 is 5.97 Å². The number of hydrogen-bond donors (Lipinski definition) is 1. The van der Waals surface area contributed by atoms with Gasteiger partial charge in [0.15, 0.2) is 0 Å². The minimum Gasteiger partial charge on any atom is -0.481 e. The highest BCUT2D eigenvalue weighted by Crippen LogP contribution is 2.37. The molecule has 0 amide bonds. The summed E-state index contributed by atoms with van der Waals surface area (Å²) in [6.07, 6.45) is 4.09. The van der Waals surface area contributed by atoms with Crippen molar-refractivity contribution in [3.8, 4) is 0 Å². The first-order valence-electron chi connectivity index (χ1n) is 6.18. The van der Waals surface area contributed by atoms with Crippen LogP contribution in [0.3, 0.4) is 0 Å². The van der Waals surface area contributed by atoms with E-state index in [-0.39, 0.29) is 11.8 Å². The molecule has 2 unspecified atom stereocenters. The largest absolute Gasteiger partial charge is 0.481 e. The highest BCUT2D eigenvalue weighted by molar-refractivity contribution is 5.77. The van der Waals surface area contributed by atoms with Gasteiger partial charge < -0.3 is 5.11 Å². The van der Waals surface area contributed by atoms with E-state index >= 15 is 0 Å². The van der Waals surface area contributed by atoms with Crippen LogP contribution in [0.15, 0.2) is 30.5 Å². The summed E-state index contributed by atoms with van der Waals surface area (Å²) in [6.45, 7) is 0. The highest BCUT2D eigenvalue weighted by atomic mass is 16.4. The lowest BCUT2D eigenvalue weighted by atomic mass is 10.0. The van der Waals surface area contributed by atoms with Crippen molar-refractivity contribution in [2.75, 3.05) is 0 Å². The van der Waals surface area contributed by atoms with E-state index in [1.54, 1.807) is 0 Å². The molecular formula is C14H14N2O2. The molecule has 0 spiro atoms. The van der Waals surface area contributed by atoms with Crippen LogP contribution >= 0.6 is 0 Å². The van der Waals surface area contributed by atoms with Gasteiger partial charge in [0.2, 0.25) is 0 Å². The average Bonchev–Trinajstić information content (AvgIpc) is 2.88. The van der Waals surface area contributed by atoms with E-state index in [2.05, 4.69) is 9.97 Å². The topological polar surface area (TPSA) is 63.1 Å². The zero-order chi connectivity index (χ0) is 12.5. The Bertz CT molecular complexity index is 597. The minimum absolute atomic E-state index is 0.190. The van der Waals surface area contributed by atoms with Gasteiger partial charge in [-0.25, -0.2) is 9.97 Å². The Balaban J connectivity index is 1.89. The molecular weight excluding hydrogens is 228 g/mol. The van der Waals surface area contributed by atoms with Crippen molar-refractivity contribution in [1.82, 2.24) is 9.97 Å². The molecule has 0 radical (unpaired) electrons. The van der Waals surface area contributed by atoms with Crippen LogP contribution in [-0.2, 0) is 4.79 Å². The van der Waals surface area contributed by atoms with Crippen LogP contribution in [0.5, 0.6) is 0 Å². The van der Waals surface area contributed by atoms with E-state index in [0.717, 1.165) is 29.6 Å². The number of fused-ring (bicyclic) bond motifs is 1. The summed E-state index contributed by atoms with van der Waals surface area (Å²) in [5.41, 5.74) is 0.932. The molecule has 1 aliphatic carbocycles. The number of benzene rings is 1. The SMILES string of the molecule is O=C(O)C1CCC(c2ncc3ccccc3n2)C1. The fourth-order valence-corrected chi connectivity index (χ4v) is 2.62. The van der Waals surface area contributed by atoms with Crippen molar-refractivity contribution in [1.29, 1.82) is 0 Å².